The molecule has 4 aromatic rings. The summed E-state index contributed by atoms with van der Waals surface area (Å²) in [6.45, 7) is 2.46. The van der Waals surface area contributed by atoms with Crippen LogP contribution in [0.15, 0.2) is 64.4 Å². The first-order valence-electron chi connectivity index (χ1n) is 8.09. The van der Waals surface area contributed by atoms with Crippen LogP contribution in [-0.2, 0) is 12.3 Å². The van der Waals surface area contributed by atoms with Crippen molar-refractivity contribution in [3.63, 3.8) is 0 Å². The van der Waals surface area contributed by atoms with Crippen LogP contribution in [0.2, 0.25) is 0 Å². The van der Waals surface area contributed by atoms with Crippen molar-refractivity contribution in [3.8, 4) is 11.4 Å². The zero-order valence-corrected chi connectivity index (χ0v) is 14.9. The van der Waals surface area contributed by atoms with Crippen molar-refractivity contribution in [2.45, 2.75) is 24.4 Å². The van der Waals surface area contributed by atoms with Gasteiger partial charge in [-0.15, -0.1) is 20.4 Å². The second kappa shape index (κ2) is 7.49. The highest BCUT2D eigenvalue weighted by molar-refractivity contribution is 7.98. The molecule has 0 bridgehead atoms. The van der Waals surface area contributed by atoms with E-state index in [2.05, 4.69) is 42.1 Å². The van der Waals surface area contributed by atoms with Crippen LogP contribution in [0.3, 0.4) is 0 Å². The van der Waals surface area contributed by atoms with E-state index in [0.29, 0.717) is 24.1 Å². The van der Waals surface area contributed by atoms with Crippen LogP contribution >= 0.6 is 11.8 Å². The van der Waals surface area contributed by atoms with E-state index in [1.54, 1.807) is 19.3 Å². The molecule has 3 heterocycles. The van der Waals surface area contributed by atoms with Crippen molar-refractivity contribution in [2.75, 3.05) is 0 Å². The fraction of sp³-hybridized carbons (Fsp3) is 0.167. The Kier molecular flexibility index (Phi) is 4.74. The smallest absolute Gasteiger partial charge is 0.226 e. The van der Waals surface area contributed by atoms with Crippen LogP contribution < -0.4 is 0 Å². The van der Waals surface area contributed by atoms with Gasteiger partial charge in [0.25, 0.3) is 0 Å². The van der Waals surface area contributed by atoms with Gasteiger partial charge in [0.15, 0.2) is 11.0 Å². The molecule has 0 unspecified atom stereocenters. The summed E-state index contributed by atoms with van der Waals surface area (Å²) in [7, 11) is 0. The number of aromatic nitrogens is 6. The molecule has 7 nitrogen and oxygen atoms in total. The fourth-order valence-electron chi connectivity index (χ4n) is 2.54. The predicted molar refractivity (Wildman–Crippen MR) is 97.4 cm³/mol. The largest absolute Gasteiger partial charge is 0.425 e. The maximum absolute atomic E-state index is 5.45. The lowest BCUT2D eigenvalue weighted by Gasteiger charge is -2.10. The SMILES string of the molecule is Cc1nnc(CSc2nnc(-c3ccncc3)n2Cc2ccccc2)o1. The highest BCUT2D eigenvalue weighted by Crippen LogP contribution is 2.26. The molecule has 1 aromatic carbocycles. The van der Waals surface area contributed by atoms with Crippen molar-refractivity contribution < 1.29 is 4.42 Å². The average molecular weight is 364 g/mol. The van der Waals surface area contributed by atoms with Crippen molar-refractivity contribution in [1.29, 1.82) is 0 Å². The number of nitrogens with zero attached hydrogens (tertiary/aromatic N) is 6. The van der Waals surface area contributed by atoms with Crippen LogP contribution in [-0.4, -0.2) is 29.9 Å². The van der Waals surface area contributed by atoms with E-state index >= 15 is 0 Å². The summed E-state index contributed by atoms with van der Waals surface area (Å²) in [5.41, 5.74) is 2.15. The Morgan fingerprint density at radius 1 is 0.962 bits per heavy atom. The minimum absolute atomic E-state index is 0.546. The Morgan fingerprint density at radius 2 is 1.77 bits per heavy atom. The molecule has 26 heavy (non-hydrogen) atoms. The number of hydrogen-bond acceptors (Lipinski definition) is 7. The van der Waals surface area contributed by atoms with Crippen molar-refractivity contribution in [2.24, 2.45) is 0 Å². The summed E-state index contributed by atoms with van der Waals surface area (Å²) in [5.74, 6) is 2.49. The van der Waals surface area contributed by atoms with Crippen molar-refractivity contribution in [1.82, 2.24) is 29.9 Å². The molecule has 0 saturated heterocycles. The summed E-state index contributed by atoms with van der Waals surface area (Å²) in [6, 6.07) is 14.1. The Morgan fingerprint density at radius 3 is 2.50 bits per heavy atom. The van der Waals surface area contributed by atoms with Gasteiger partial charge >= 0.3 is 0 Å². The Labute approximate surface area is 154 Å². The highest BCUT2D eigenvalue weighted by Gasteiger charge is 2.16. The number of benzene rings is 1. The molecule has 0 fully saturated rings. The van der Waals surface area contributed by atoms with E-state index in [0.717, 1.165) is 16.5 Å². The lowest BCUT2D eigenvalue weighted by molar-refractivity contribution is 0.485. The number of thioether (sulfide) groups is 1. The topological polar surface area (TPSA) is 82.5 Å². The lowest BCUT2D eigenvalue weighted by atomic mass is 10.2. The monoisotopic (exact) mass is 364 g/mol. The highest BCUT2D eigenvalue weighted by atomic mass is 32.2. The number of hydrogen-bond donors (Lipinski definition) is 0. The van der Waals surface area contributed by atoms with Gasteiger partial charge in [-0.1, -0.05) is 42.1 Å². The molecule has 0 spiro atoms. The van der Waals surface area contributed by atoms with Gasteiger partial charge in [0.05, 0.1) is 12.3 Å². The van der Waals surface area contributed by atoms with Crippen molar-refractivity contribution in [3.05, 3.63) is 72.2 Å². The first-order valence-corrected chi connectivity index (χ1v) is 9.07. The molecule has 0 atom stereocenters. The molecular formula is C18H16N6OS. The molecule has 130 valence electrons. The third-order valence-corrected chi connectivity index (χ3v) is 4.68. The zero-order chi connectivity index (χ0) is 17.8. The van der Waals surface area contributed by atoms with E-state index in [1.165, 1.54) is 17.3 Å². The first kappa shape index (κ1) is 16.5. The molecule has 8 heteroatoms. The third kappa shape index (κ3) is 3.65. The van der Waals surface area contributed by atoms with Gasteiger partial charge in [0, 0.05) is 24.9 Å². The number of aryl methyl sites for hydroxylation is 1. The van der Waals surface area contributed by atoms with Crippen LogP contribution in [0.4, 0.5) is 0 Å². The van der Waals surface area contributed by atoms with Gasteiger partial charge in [-0.05, 0) is 17.7 Å². The van der Waals surface area contributed by atoms with E-state index in [9.17, 15) is 0 Å². The Balaban J connectivity index is 1.65. The van der Waals surface area contributed by atoms with Gasteiger partial charge in [-0.3, -0.25) is 9.55 Å². The molecule has 0 aliphatic heterocycles. The minimum Gasteiger partial charge on any atom is -0.425 e. The summed E-state index contributed by atoms with van der Waals surface area (Å²) >= 11 is 1.53. The average Bonchev–Trinajstić information content (AvgIpc) is 3.28. The van der Waals surface area contributed by atoms with Crippen LogP contribution in [0.1, 0.15) is 17.3 Å². The van der Waals surface area contributed by atoms with Gasteiger partial charge in [0.1, 0.15) is 0 Å². The first-order chi connectivity index (χ1) is 12.8. The summed E-state index contributed by atoms with van der Waals surface area (Å²) < 4.78 is 7.54. The lowest BCUT2D eigenvalue weighted by Crippen LogP contribution is -2.04. The van der Waals surface area contributed by atoms with E-state index < -0.39 is 0 Å². The zero-order valence-electron chi connectivity index (χ0n) is 14.1. The molecule has 3 aromatic heterocycles. The second-order valence-corrected chi connectivity index (χ2v) is 6.56. The molecule has 0 radical (unpaired) electrons. The van der Waals surface area contributed by atoms with Gasteiger partial charge in [0.2, 0.25) is 11.8 Å². The molecule has 4 rings (SSSR count). The Hall–Kier alpha value is -3.00. The third-order valence-electron chi connectivity index (χ3n) is 3.73. The molecule has 0 amide bonds. The van der Waals surface area contributed by atoms with Crippen LogP contribution in [0.25, 0.3) is 11.4 Å². The van der Waals surface area contributed by atoms with E-state index in [1.807, 2.05) is 30.3 Å². The van der Waals surface area contributed by atoms with Gasteiger partial charge in [-0.2, -0.15) is 0 Å². The number of pyridine rings is 1. The van der Waals surface area contributed by atoms with Gasteiger partial charge < -0.3 is 4.42 Å². The van der Waals surface area contributed by atoms with Gasteiger partial charge in [-0.25, -0.2) is 0 Å². The maximum Gasteiger partial charge on any atom is 0.226 e. The van der Waals surface area contributed by atoms with Crippen molar-refractivity contribution >= 4 is 11.8 Å². The Bertz CT molecular complexity index is 983. The molecule has 0 saturated carbocycles. The molecule has 0 aliphatic carbocycles. The molecule has 0 aliphatic rings. The molecule has 0 N–H and O–H groups in total. The maximum atomic E-state index is 5.45. The molecular weight excluding hydrogens is 348 g/mol. The van der Waals surface area contributed by atoms with E-state index in [4.69, 9.17) is 4.42 Å². The predicted octanol–water partition coefficient (Wildman–Crippen LogP) is 3.37. The second-order valence-electron chi connectivity index (χ2n) is 5.62. The van der Waals surface area contributed by atoms with Crippen LogP contribution in [0.5, 0.6) is 0 Å². The van der Waals surface area contributed by atoms with Crippen LogP contribution in [0, 0.1) is 6.92 Å². The summed E-state index contributed by atoms with van der Waals surface area (Å²) in [4.78, 5) is 4.08. The van der Waals surface area contributed by atoms with E-state index in [-0.39, 0.29) is 0 Å². The number of rotatable bonds is 6. The quantitative estimate of drug-likeness (QED) is 0.485. The minimum atomic E-state index is 0.546. The summed E-state index contributed by atoms with van der Waals surface area (Å²) in [6.07, 6.45) is 3.51. The fourth-order valence-corrected chi connectivity index (χ4v) is 3.32. The summed E-state index contributed by atoms with van der Waals surface area (Å²) in [5, 5.41) is 17.5. The standard InChI is InChI=1S/C18H16N6OS/c1-13-20-21-16(25-13)12-26-18-23-22-17(15-7-9-19-10-8-15)24(18)11-14-5-3-2-4-6-14/h2-10H,11-12H2,1H3. The normalized spacial score (nSPS) is 11.0.